The molecule has 1 aromatic heterocycles. The fourth-order valence-corrected chi connectivity index (χ4v) is 3.51. The van der Waals surface area contributed by atoms with E-state index in [0.717, 1.165) is 5.56 Å². The van der Waals surface area contributed by atoms with Crippen LogP contribution in [-0.2, 0) is 4.79 Å². The van der Waals surface area contributed by atoms with Gasteiger partial charge in [0.05, 0.1) is 12.6 Å². The number of amides is 1. The lowest BCUT2D eigenvalue weighted by molar-refractivity contribution is -0.136. The van der Waals surface area contributed by atoms with Gasteiger partial charge in [0.2, 0.25) is 0 Å². The van der Waals surface area contributed by atoms with Crippen LogP contribution in [0.4, 0.5) is 0 Å². The zero-order chi connectivity index (χ0) is 25.5. The lowest BCUT2D eigenvalue weighted by Gasteiger charge is -2.14. The normalized spacial score (nSPS) is 11.5. The highest BCUT2D eigenvalue weighted by molar-refractivity contribution is 5.97. The minimum atomic E-state index is -0.789. The Bertz CT molecular complexity index is 1410. The monoisotopic (exact) mass is 487 g/mol. The molecule has 1 unspecified atom stereocenters. The third-order valence-corrected chi connectivity index (χ3v) is 5.32. The number of benzene rings is 3. The van der Waals surface area contributed by atoms with Crippen LogP contribution in [0.5, 0.6) is 17.2 Å². The fourth-order valence-electron chi connectivity index (χ4n) is 3.51. The molecule has 1 N–H and O–H groups in total. The molecule has 0 spiro atoms. The van der Waals surface area contributed by atoms with Gasteiger partial charge < -0.3 is 23.9 Å². The third-order valence-electron chi connectivity index (χ3n) is 5.32. The number of nitrogens with one attached hydrogen (secondary N) is 1. The van der Waals surface area contributed by atoms with Gasteiger partial charge in [-0.25, -0.2) is 9.59 Å². The average molecular weight is 488 g/mol. The van der Waals surface area contributed by atoms with E-state index in [0.29, 0.717) is 23.5 Å². The van der Waals surface area contributed by atoms with Gasteiger partial charge in [0.25, 0.3) is 5.91 Å². The molecule has 0 fully saturated rings. The van der Waals surface area contributed by atoms with Crippen molar-refractivity contribution in [2.24, 2.45) is 0 Å². The van der Waals surface area contributed by atoms with Crippen molar-refractivity contribution in [2.45, 2.75) is 19.9 Å². The molecule has 0 saturated heterocycles. The van der Waals surface area contributed by atoms with Gasteiger partial charge >= 0.3 is 11.6 Å². The van der Waals surface area contributed by atoms with E-state index < -0.39 is 17.5 Å². The molecular weight excluding hydrogens is 462 g/mol. The zero-order valence-electron chi connectivity index (χ0n) is 19.9. The number of fused-ring (bicyclic) bond motifs is 1. The van der Waals surface area contributed by atoms with Gasteiger partial charge in [-0.2, -0.15) is 0 Å². The molecule has 0 aliphatic carbocycles. The molecule has 8 heteroatoms. The Morgan fingerprint density at radius 3 is 2.25 bits per heavy atom. The van der Waals surface area contributed by atoms with Crippen molar-refractivity contribution in [3.05, 3.63) is 100 Å². The van der Waals surface area contributed by atoms with Crippen molar-refractivity contribution in [1.82, 2.24) is 5.32 Å². The van der Waals surface area contributed by atoms with Crippen LogP contribution in [0.25, 0.3) is 11.0 Å². The summed E-state index contributed by atoms with van der Waals surface area (Å²) in [4.78, 5) is 37.4. The van der Waals surface area contributed by atoms with Crippen molar-refractivity contribution in [3.8, 4) is 17.2 Å². The first-order chi connectivity index (χ1) is 17.4. The smallest absolute Gasteiger partial charge is 0.349 e. The Labute approximate surface area is 207 Å². The zero-order valence-corrected chi connectivity index (χ0v) is 19.9. The van der Waals surface area contributed by atoms with Crippen LogP contribution < -0.4 is 25.2 Å². The first-order valence-electron chi connectivity index (χ1n) is 11.4. The van der Waals surface area contributed by atoms with Crippen LogP contribution in [0, 0.1) is 0 Å². The number of carbonyl (C=O) groups excluding carboxylic acids is 2. The van der Waals surface area contributed by atoms with E-state index in [-0.39, 0.29) is 29.5 Å². The second kappa shape index (κ2) is 11.2. The molecule has 36 heavy (non-hydrogen) atoms. The molecule has 4 aromatic rings. The third kappa shape index (κ3) is 6.09. The minimum Gasteiger partial charge on any atom is -0.494 e. The summed E-state index contributed by atoms with van der Waals surface area (Å²) in [5, 5.41) is 3.31. The Kier molecular flexibility index (Phi) is 7.65. The minimum absolute atomic E-state index is 0.112. The molecule has 0 radical (unpaired) electrons. The second-order valence-corrected chi connectivity index (χ2v) is 7.92. The van der Waals surface area contributed by atoms with E-state index in [4.69, 9.17) is 18.6 Å². The Hall–Kier alpha value is -4.59. The topological polar surface area (TPSA) is 104 Å². The quantitative estimate of drug-likeness (QED) is 0.208. The number of hydrogen-bond donors (Lipinski definition) is 1. The van der Waals surface area contributed by atoms with Crippen LogP contribution in [0.2, 0.25) is 0 Å². The number of ether oxygens (including phenoxy) is 3. The maximum Gasteiger partial charge on any atom is 0.349 e. The number of hydrogen-bond acceptors (Lipinski definition) is 7. The Morgan fingerprint density at radius 2 is 1.56 bits per heavy atom. The summed E-state index contributed by atoms with van der Waals surface area (Å²) in [7, 11) is 0. The van der Waals surface area contributed by atoms with Crippen LogP contribution >= 0.6 is 0 Å². The number of rotatable bonds is 9. The van der Waals surface area contributed by atoms with Crippen LogP contribution in [0.3, 0.4) is 0 Å². The van der Waals surface area contributed by atoms with Crippen LogP contribution in [0.15, 0.2) is 88.1 Å². The average Bonchev–Trinajstić information content (AvgIpc) is 2.88. The molecule has 0 aliphatic rings. The van der Waals surface area contributed by atoms with Gasteiger partial charge in [0.1, 0.15) is 28.4 Å². The highest BCUT2D eigenvalue weighted by Crippen LogP contribution is 2.22. The van der Waals surface area contributed by atoms with E-state index in [1.54, 1.807) is 36.4 Å². The molecule has 0 saturated carbocycles. The maximum atomic E-state index is 12.7. The number of carbonyl (C=O) groups is 2. The first kappa shape index (κ1) is 24.5. The van der Waals surface area contributed by atoms with Gasteiger partial charge in [0.15, 0.2) is 6.61 Å². The summed E-state index contributed by atoms with van der Waals surface area (Å²) < 4.78 is 21.4. The van der Waals surface area contributed by atoms with Crippen LogP contribution in [-0.4, -0.2) is 25.1 Å². The summed E-state index contributed by atoms with van der Waals surface area (Å²) in [6, 6.07) is 22.0. The molecule has 0 bridgehead atoms. The van der Waals surface area contributed by atoms with Gasteiger partial charge in [-0.1, -0.05) is 30.3 Å². The molecule has 184 valence electrons. The van der Waals surface area contributed by atoms with Crippen LogP contribution in [0.1, 0.15) is 35.8 Å². The second-order valence-electron chi connectivity index (χ2n) is 7.92. The lowest BCUT2D eigenvalue weighted by Crippen LogP contribution is -2.30. The molecular formula is C28H25NO7. The van der Waals surface area contributed by atoms with Gasteiger partial charge in [-0.3, -0.25) is 4.79 Å². The molecule has 1 heterocycles. The Balaban J connectivity index is 1.39. The highest BCUT2D eigenvalue weighted by Gasteiger charge is 2.17. The summed E-state index contributed by atoms with van der Waals surface area (Å²) in [6.07, 6.45) is 0. The molecule has 1 atom stereocenters. The van der Waals surface area contributed by atoms with Gasteiger partial charge in [-0.15, -0.1) is 0 Å². The molecule has 3 aromatic carbocycles. The van der Waals surface area contributed by atoms with Crippen molar-refractivity contribution >= 4 is 22.8 Å². The van der Waals surface area contributed by atoms with Crippen molar-refractivity contribution in [1.29, 1.82) is 0 Å². The molecule has 0 aliphatic heterocycles. The van der Waals surface area contributed by atoms with E-state index in [1.807, 2.05) is 44.2 Å². The first-order valence-corrected chi connectivity index (χ1v) is 11.4. The molecule has 4 rings (SSSR count). The largest absolute Gasteiger partial charge is 0.494 e. The molecule has 8 nitrogen and oxygen atoms in total. The van der Waals surface area contributed by atoms with Crippen molar-refractivity contribution < 1.29 is 28.2 Å². The summed E-state index contributed by atoms with van der Waals surface area (Å²) in [5.41, 5.74) is 0.195. The SMILES string of the molecule is CCOc1ccc(OCC(=O)Oc2ccc3cc(C(=O)NC(C)c4ccccc4)c(=O)oc3c2)cc1. The summed E-state index contributed by atoms with van der Waals surface area (Å²) in [5.74, 6) is 0.213. The molecule has 1 amide bonds. The van der Waals surface area contributed by atoms with Gasteiger partial charge in [0, 0.05) is 11.5 Å². The maximum absolute atomic E-state index is 12.7. The summed E-state index contributed by atoms with van der Waals surface area (Å²) >= 11 is 0. The van der Waals surface area contributed by atoms with Gasteiger partial charge in [-0.05, 0) is 61.9 Å². The fraction of sp³-hybridized carbons (Fsp3) is 0.179. The van der Waals surface area contributed by atoms with E-state index in [9.17, 15) is 14.4 Å². The van der Waals surface area contributed by atoms with E-state index in [1.165, 1.54) is 12.1 Å². The van der Waals surface area contributed by atoms with E-state index in [2.05, 4.69) is 5.32 Å². The van der Waals surface area contributed by atoms with Crippen molar-refractivity contribution in [3.63, 3.8) is 0 Å². The standard InChI is InChI=1S/C28H25NO7/c1-3-33-21-11-13-22(14-12-21)34-17-26(30)35-23-10-9-20-15-24(28(32)36-25(20)16-23)27(31)29-18(2)19-7-5-4-6-8-19/h4-16,18H,3,17H2,1-2H3,(H,29,31). The predicted molar refractivity (Wildman–Crippen MR) is 134 cm³/mol. The lowest BCUT2D eigenvalue weighted by atomic mass is 10.1. The highest BCUT2D eigenvalue weighted by atomic mass is 16.6. The number of esters is 1. The van der Waals surface area contributed by atoms with E-state index >= 15 is 0 Å². The Morgan fingerprint density at radius 1 is 0.889 bits per heavy atom. The predicted octanol–water partition coefficient (Wildman–Crippen LogP) is 4.67. The van der Waals surface area contributed by atoms with Crippen molar-refractivity contribution in [2.75, 3.05) is 13.2 Å². The summed E-state index contributed by atoms with van der Waals surface area (Å²) in [6.45, 7) is 3.97.